The minimum absolute atomic E-state index is 0.0550. The number of aliphatic carboxylic acids is 1. The van der Waals surface area contributed by atoms with Crippen LogP contribution >= 0.6 is 0 Å². The Morgan fingerprint density at radius 2 is 2.04 bits per heavy atom. The molecule has 142 valence electrons. The van der Waals surface area contributed by atoms with Gasteiger partial charge in [0.25, 0.3) is 0 Å². The summed E-state index contributed by atoms with van der Waals surface area (Å²) in [5, 5.41) is 9.00. The van der Waals surface area contributed by atoms with Crippen molar-refractivity contribution in [1.29, 1.82) is 0 Å². The average molecular weight is 350 g/mol. The minimum atomic E-state index is -0.727. The van der Waals surface area contributed by atoms with E-state index in [0.717, 1.165) is 44.9 Å². The number of allylic oxidation sites excluding steroid dienone is 1. The highest BCUT2D eigenvalue weighted by Gasteiger charge is 2.57. The number of hydrogen-bond donors (Lipinski definition) is 1. The van der Waals surface area contributed by atoms with Crippen LogP contribution in [0.2, 0.25) is 0 Å². The maximum absolute atomic E-state index is 12.6. The summed E-state index contributed by atoms with van der Waals surface area (Å²) in [6.07, 6.45) is 7.10. The first kappa shape index (κ1) is 20.0. The van der Waals surface area contributed by atoms with Gasteiger partial charge in [0, 0.05) is 6.42 Å². The number of fused-ring (bicyclic) bond motifs is 1. The Labute approximate surface area is 152 Å². The number of carboxylic acids is 1. The molecule has 2 saturated carbocycles. The van der Waals surface area contributed by atoms with Crippen LogP contribution < -0.4 is 0 Å². The largest absolute Gasteiger partial charge is 0.481 e. The van der Waals surface area contributed by atoms with Crippen molar-refractivity contribution in [2.45, 2.75) is 72.1 Å². The van der Waals surface area contributed by atoms with Crippen LogP contribution in [-0.2, 0) is 14.3 Å². The quantitative estimate of drug-likeness (QED) is 0.550. The van der Waals surface area contributed by atoms with Crippen LogP contribution in [0.15, 0.2) is 12.2 Å². The first-order chi connectivity index (χ1) is 11.6. The van der Waals surface area contributed by atoms with Crippen LogP contribution in [0, 0.1) is 28.6 Å². The lowest BCUT2D eigenvalue weighted by atomic mass is 9.46. The van der Waals surface area contributed by atoms with Gasteiger partial charge in [-0.1, -0.05) is 32.4 Å². The molecule has 0 bridgehead atoms. The molecule has 4 nitrogen and oxygen atoms in total. The standard InChI is InChI=1S/C21H34O4/c1-14(13-18(22)23)7-9-16-15(2)8-10-17-20(16,3)11-6-12-21(17,4)19(24)25-5/h14,16-17H,2,6-13H2,1,3-5H3,(H,22,23)/t14-,16+,17-,20-,21-/m1/s1. The third-order valence-electron chi connectivity index (χ3n) is 7.14. The minimum Gasteiger partial charge on any atom is -0.481 e. The molecule has 0 unspecified atom stereocenters. The van der Waals surface area contributed by atoms with Crippen molar-refractivity contribution in [1.82, 2.24) is 0 Å². The van der Waals surface area contributed by atoms with Crippen LogP contribution in [0.3, 0.4) is 0 Å². The number of esters is 1. The normalized spacial score (nSPS) is 36.4. The first-order valence-electron chi connectivity index (χ1n) is 9.63. The monoisotopic (exact) mass is 350 g/mol. The van der Waals surface area contributed by atoms with Gasteiger partial charge in [-0.25, -0.2) is 0 Å². The molecule has 0 aromatic heterocycles. The van der Waals surface area contributed by atoms with E-state index in [1.807, 2.05) is 6.92 Å². The molecule has 0 aromatic carbocycles. The van der Waals surface area contributed by atoms with Crippen LogP contribution in [-0.4, -0.2) is 24.2 Å². The predicted molar refractivity (Wildman–Crippen MR) is 98.1 cm³/mol. The Bertz CT molecular complexity index is 540. The summed E-state index contributed by atoms with van der Waals surface area (Å²) < 4.78 is 5.16. The first-order valence-corrected chi connectivity index (χ1v) is 9.63. The number of carbonyl (C=O) groups excluding carboxylic acids is 1. The van der Waals surface area contributed by atoms with Gasteiger partial charge >= 0.3 is 11.9 Å². The lowest BCUT2D eigenvalue weighted by Crippen LogP contribution is -2.53. The van der Waals surface area contributed by atoms with E-state index in [4.69, 9.17) is 9.84 Å². The van der Waals surface area contributed by atoms with Crippen molar-refractivity contribution in [3.05, 3.63) is 12.2 Å². The molecule has 2 rings (SSSR count). The summed E-state index contributed by atoms with van der Waals surface area (Å²) in [5.41, 5.74) is 0.933. The molecular formula is C21H34O4. The summed E-state index contributed by atoms with van der Waals surface area (Å²) in [6, 6.07) is 0. The van der Waals surface area contributed by atoms with Crippen LogP contribution in [0.25, 0.3) is 0 Å². The second-order valence-electron chi connectivity index (χ2n) is 8.85. The van der Waals surface area contributed by atoms with Crippen molar-refractivity contribution in [2.24, 2.45) is 28.6 Å². The van der Waals surface area contributed by atoms with Crippen molar-refractivity contribution >= 4 is 11.9 Å². The van der Waals surface area contributed by atoms with Gasteiger partial charge in [-0.15, -0.1) is 0 Å². The van der Waals surface area contributed by atoms with Gasteiger partial charge in [0.15, 0.2) is 0 Å². The number of carboxylic acid groups (broad SMARTS) is 1. The molecular weight excluding hydrogens is 316 g/mol. The number of carbonyl (C=O) groups is 2. The summed E-state index contributed by atoms with van der Waals surface area (Å²) >= 11 is 0. The molecule has 0 spiro atoms. The number of methoxy groups -OCH3 is 1. The average Bonchev–Trinajstić information content (AvgIpc) is 2.52. The van der Waals surface area contributed by atoms with E-state index < -0.39 is 11.4 Å². The van der Waals surface area contributed by atoms with Crippen LogP contribution in [0.5, 0.6) is 0 Å². The Hall–Kier alpha value is -1.32. The number of ether oxygens (including phenoxy) is 1. The maximum Gasteiger partial charge on any atom is 0.311 e. The Kier molecular flexibility index (Phi) is 6.01. The molecule has 0 aliphatic heterocycles. The Balaban J connectivity index is 2.21. The molecule has 0 aromatic rings. The van der Waals surface area contributed by atoms with Gasteiger partial charge < -0.3 is 9.84 Å². The third kappa shape index (κ3) is 3.78. The molecule has 0 amide bonds. The molecule has 2 aliphatic rings. The second-order valence-corrected chi connectivity index (χ2v) is 8.85. The summed E-state index contributed by atoms with van der Waals surface area (Å²) in [6.45, 7) is 10.8. The van der Waals surface area contributed by atoms with E-state index in [2.05, 4.69) is 20.4 Å². The molecule has 2 aliphatic carbocycles. The van der Waals surface area contributed by atoms with Crippen LogP contribution in [0.1, 0.15) is 72.1 Å². The topological polar surface area (TPSA) is 63.6 Å². The van der Waals surface area contributed by atoms with Crippen molar-refractivity contribution < 1.29 is 19.4 Å². The van der Waals surface area contributed by atoms with E-state index in [0.29, 0.717) is 11.8 Å². The zero-order valence-corrected chi connectivity index (χ0v) is 16.3. The summed E-state index contributed by atoms with van der Waals surface area (Å²) in [4.78, 5) is 23.5. The summed E-state index contributed by atoms with van der Waals surface area (Å²) in [5.74, 6) is 0.0482. The highest BCUT2D eigenvalue weighted by atomic mass is 16.5. The van der Waals surface area contributed by atoms with E-state index in [-0.39, 0.29) is 23.7 Å². The van der Waals surface area contributed by atoms with E-state index in [1.54, 1.807) is 0 Å². The molecule has 0 heterocycles. The Morgan fingerprint density at radius 1 is 1.36 bits per heavy atom. The lowest BCUT2D eigenvalue weighted by Gasteiger charge is -2.57. The van der Waals surface area contributed by atoms with E-state index >= 15 is 0 Å². The smallest absolute Gasteiger partial charge is 0.311 e. The fourth-order valence-electron chi connectivity index (χ4n) is 5.81. The fraction of sp³-hybridized carbons (Fsp3) is 0.810. The lowest BCUT2D eigenvalue weighted by molar-refractivity contribution is -0.168. The molecule has 1 N–H and O–H groups in total. The SMILES string of the molecule is C=C1CC[C@@H]2[C@](C)(CCC[C@@]2(C)C(=O)OC)[C@H]1CC[C@@H](C)CC(=O)O. The zero-order chi connectivity index (χ0) is 18.8. The zero-order valence-electron chi connectivity index (χ0n) is 16.3. The summed E-state index contributed by atoms with van der Waals surface area (Å²) in [7, 11) is 1.49. The van der Waals surface area contributed by atoms with Crippen molar-refractivity contribution in [2.75, 3.05) is 7.11 Å². The highest BCUT2D eigenvalue weighted by molar-refractivity contribution is 5.77. The van der Waals surface area contributed by atoms with Gasteiger partial charge in [0.05, 0.1) is 12.5 Å². The van der Waals surface area contributed by atoms with Gasteiger partial charge in [0.1, 0.15) is 0 Å². The third-order valence-corrected chi connectivity index (χ3v) is 7.14. The number of hydrogen-bond acceptors (Lipinski definition) is 3. The maximum atomic E-state index is 12.6. The molecule has 0 radical (unpaired) electrons. The molecule has 0 saturated heterocycles. The van der Waals surface area contributed by atoms with E-state index in [1.165, 1.54) is 12.7 Å². The highest BCUT2D eigenvalue weighted by Crippen LogP contribution is 2.62. The van der Waals surface area contributed by atoms with Crippen molar-refractivity contribution in [3.63, 3.8) is 0 Å². The van der Waals surface area contributed by atoms with Crippen LogP contribution in [0.4, 0.5) is 0 Å². The second kappa shape index (κ2) is 7.51. The molecule has 5 atom stereocenters. The molecule has 25 heavy (non-hydrogen) atoms. The van der Waals surface area contributed by atoms with Gasteiger partial charge in [-0.3, -0.25) is 9.59 Å². The molecule has 4 heteroatoms. The molecule has 2 fully saturated rings. The van der Waals surface area contributed by atoms with E-state index in [9.17, 15) is 9.59 Å². The number of rotatable bonds is 6. The van der Waals surface area contributed by atoms with Crippen molar-refractivity contribution in [3.8, 4) is 0 Å². The van der Waals surface area contributed by atoms with Gasteiger partial charge in [-0.05, 0) is 68.6 Å². The fourth-order valence-corrected chi connectivity index (χ4v) is 5.81. The predicted octanol–water partition coefficient (Wildman–Crippen LogP) is 4.83. The Morgan fingerprint density at radius 3 is 2.64 bits per heavy atom. The van der Waals surface area contributed by atoms with Gasteiger partial charge in [0.2, 0.25) is 0 Å². The van der Waals surface area contributed by atoms with Gasteiger partial charge in [-0.2, -0.15) is 0 Å².